The van der Waals surface area contributed by atoms with Crippen LogP contribution in [0.1, 0.15) is 48.6 Å². The second kappa shape index (κ2) is 13.7. The SMILES string of the molecule is CC1(C)c2ccccc2-c2c1c1c3ccccc3sc1c1c3ccc(CC4(C)c5ccccc5-c5c4c4c6ccccc6sc4c4c6ccccc6n(-c6ccccn6)c54)cc3n(-c3ccncc3)c21. The van der Waals surface area contributed by atoms with E-state index < -0.39 is 5.41 Å². The number of aromatic nitrogens is 4. The molecule has 0 saturated carbocycles. The predicted molar refractivity (Wildman–Crippen MR) is 296 cm³/mol. The van der Waals surface area contributed by atoms with Crippen LogP contribution in [0.3, 0.4) is 0 Å². The topological polar surface area (TPSA) is 35.6 Å². The molecule has 0 bridgehead atoms. The molecule has 0 N–H and O–H groups in total. The second-order valence-corrected chi connectivity index (χ2v) is 22.3. The highest BCUT2D eigenvalue weighted by Gasteiger charge is 2.45. The third kappa shape index (κ3) is 4.80. The Bertz CT molecular complexity index is 4610. The van der Waals surface area contributed by atoms with E-state index in [9.17, 15) is 0 Å². The Morgan fingerprint density at radius 3 is 1.76 bits per heavy atom. The summed E-state index contributed by atoms with van der Waals surface area (Å²) >= 11 is 3.88. The minimum atomic E-state index is -0.391. The number of para-hydroxylation sites is 1. The molecule has 0 radical (unpaired) electrons. The van der Waals surface area contributed by atoms with Gasteiger partial charge in [0.05, 0.1) is 22.1 Å². The molecule has 2 aliphatic carbocycles. The summed E-state index contributed by atoms with van der Waals surface area (Å²) in [7, 11) is 0. The quantitative estimate of drug-likeness (QED) is 0.176. The lowest BCUT2D eigenvalue weighted by atomic mass is 9.73. The zero-order chi connectivity index (χ0) is 46.2. The van der Waals surface area contributed by atoms with Gasteiger partial charge in [-0.05, 0) is 93.9 Å². The first-order chi connectivity index (χ1) is 34.4. The van der Waals surface area contributed by atoms with Gasteiger partial charge in [-0.2, -0.15) is 0 Å². The summed E-state index contributed by atoms with van der Waals surface area (Å²) in [4.78, 5) is 9.59. The predicted octanol–water partition coefficient (Wildman–Crippen LogP) is 17.2. The molecule has 70 heavy (non-hydrogen) atoms. The molecule has 8 aromatic carbocycles. The maximum absolute atomic E-state index is 5.04. The Hall–Kier alpha value is -7.90. The van der Waals surface area contributed by atoms with Gasteiger partial charge in [-0.3, -0.25) is 9.55 Å². The van der Waals surface area contributed by atoms with Crippen LogP contribution in [0.25, 0.3) is 118 Å². The van der Waals surface area contributed by atoms with E-state index in [1.165, 1.54) is 134 Å². The van der Waals surface area contributed by atoms with Crippen LogP contribution in [0, 0.1) is 0 Å². The minimum Gasteiger partial charge on any atom is -0.308 e. The zero-order valence-corrected chi connectivity index (χ0v) is 40.3. The highest BCUT2D eigenvalue weighted by atomic mass is 32.1. The third-order valence-corrected chi connectivity index (χ3v) is 18.6. The van der Waals surface area contributed by atoms with Crippen molar-refractivity contribution in [3.05, 3.63) is 216 Å². The molecule has 6 aromatic heterocycles. The van der Waals surface area contributed by atoms with Crippen molar-refractivity contribution < 1.29 is 0 Å². The lowest BCUT2D eigenvalue weighted by Gasteiger charge is -2.29. The average Bonchev–Trinajstić information content (AvgIpc) is 4.23. The summed E-state index contributed by atoms with van der Waals surface area (Å²) in [6.07, 6.45) is 6.63. The van der Waals surface area contributed by atoms with Crippen LogP contribution in [-0.4, -0.2) is 19.1 Å². The summed E-state index contributed by atoms with van der Waals surface area (Å²) in [5, 5.41) is 10.6. The van der Waals surface area contributed by atoms with Gasteiger partial charge in [0, 0.05) is 108 Å². The van der Waals surface area contributed by atoms with E-state index in [2.05, 4.69) is 199 Å². The van der Waals surface area contributed by atoms with Crippen LogP contribution in [0.15, 0.2) is 188 Å². The molecule has 6 heterocycles. The maximum atomic E-state index is 5.04. The number of benzene rings is 8. The Morgan fingerprint density at radius 1 is 0.471 bits per heavy atom. The van der Waals surface area contributed by atoms with Gasteiger partial charge in [-0.1, -0.05) is 142 Å². The molecule has 1 unspecified atom stereocenters. The van der Waals surface area contributed by atoms with Crippen LogP contribution in [0.4, 0.5) is 0 Å². The van der Waals surface area contributed by atoms with Crippen molar-refractivity contribution in [2.24, 2.45) is 0 Å². The zero-order valence-electron chi connectivity index (χ0n) is 38.7. The van der Waals surface area contributed by atoms with Crippen molar-refractivity contribution in [1.82, 2.24) is 19.1 Å². The largest absolute Gasteiger partial charge is 0.308 e. The van der Waals surface area contributed by atoms with E-state index in [0.29, 0.717) is 0 Å². The van der Waals surface area contributed by atoms with Crippen LogP contribution in [0.2, 0.25) is 0 Å². The van der Waals surface area contributed by atoms with Gasteiger partial charge in [0.15, 0.2) is 0 Å². The molecule has 2 aliphatic rings. The number of hydrogen-bond acceptors (Lipinski definition) is 4. The van der Waals surface area contributed by atoms with Crippen molar-refractivity contribution in [2.45, 2.75) is 38.0 Å². The summed E-state index contributed by atoms with van der Waals surface area (Å²) in [5.74, 6) is 0.932. The van der Waals surface area contributed by atoms with Gasteiger partial charge in [-0.15, -0.1) is 22.7 Å². The molecule has 1 atom stereocenters. The van der Waals surface area contributed by atoms with Crippen molar-refractivity contribution in [2.75, 3.05) is 0 Å². The minimum absolute atomic E-state index is 0.199. The van der Waals surface area contributed by atoms with E-state index in [1.807, 2.05) is 47.3 Å². The highest BCUT2D eigenvalue weighted by molar-refractivity contribution is 7.27. The van der Waals surface area contributed by atoms with Crippen LogP contribution >= 0.6 is 22.7 Å². The number of nitrogens with zero attached hydrogens (tertiary/aromatic N) is 4. The van der Waals surface area contributed by atoms with Crippen molar-refractivity contribution in [1.29, 1.82) is 0 Å². The first-order valence-corrected chi connectivity index (χ1v) is 25.9. The standard InChI is InChI=1S/C64H42N4S2/c1-63(2)44-21-9-4-16-38(44)51-57(63)53-42-19-7-12-24-48(42)69-61(53)56-41-28-27-36(34-47(41)67(59(51)56)37-29-32-65-33-30-37)35-64(3)45-22-10-5-17-39(45)52-58(64)54-43-20-8-13-25-49(43)70-62(54)55-40-18-6-11-23-46(40)68(60(52)55)50-26-14-15-31-66-50/h4-34H,35H2,1-3H3. The Morgan fingerprint density at radius 2 is 1.04 bits per heavy atom. The molecule has 330 valence electrons. The average molecular weight is 931 g/mol. The molecular formula is C64H42N4S2. The fourth-order valence-electron chi connectivity index (χ4n) is 13.5. The van der Waals surface area contributed by atoms with E-state index >= 15 is 0 Å². The number of rotatable bonds is 4. The fourth-order valence-corrected chi connectivity index (χ4v) is 16.1. The monoisotopic (exact) mass is 930 g/mol. The molecule has 0 amide bonds. The number of pyridine rings is 2. The summed E-state index contributed by atoms with van der Waals surface area (Å²) in [6.45, 7) is 7.39. The molecule has 0 fully saturated rings. The Balaban J connectivity index is 1.03. The smallest absolute Gasteiger partial charge is 0.137 e. The first kappa shape index (κ1) is 39.0. The van der Waals surface area contributed by atoms with Crippen LogP contribution in [-0.2, 0) is 17.3 Å². The van der Waals surface area contributed by atoms with Gasteiger partial charge >= 0.3 is 0 Å². The van der Waals surface area contributed by atoms with Crippen molar-refractivity contribution in [3.63, 3.8) is 0 Å². The molecular weight excluding hydrogens is 889 g/mol. The van der Waals surface area contributed by atoms with E-state index in [4.69, 9.17) is 4.98 Å². The summed E-state index contributed by atoms with van der Waals surface area (Å²) in [5.41, 5.74) is 17.7. The molecule has 14 aromatic rings. The molecule has 16 rings (SSSR count). The molecule has 0 saturated heterocycles. The Labute approximate surface area is 411 Å². The Kier molecular flexibility index (Phi) is 7.61. The fraction of sp³-hybridized carbons (Fsp3) is 0.0938. The first-order valence-electron chi connectivity index (χ1n) is 24.3. The van der Waals surface area contributed by atoms with Crippen molar-refractivity contribution in [3.8, 4) is 33.8 Å². The van der Waals surface area contributed by atoms with Gasteiger partial charge in [0.2, 0.25) is 0 Å². The van der Waals surface area contributed by atoms with Crippen LogP contribution < -0.4 is 0 Å². The maximum Gasteiger partial charge on any atom is 0.137 e. The van der Waals surface area contributed by atoms with Crippen LogP contribution in [0.5, 0.6) is 0 Å². The lowest BCUT2D eigenvalue weighted by molar-refractivity contribution is 0.588. The summed E-state index contributed by atoms with van der Waals surface area (Å²) in [6, 6.07) is 63.6. The van der Waals surface area contributed by atoms with E-state index in [-0.39, 0.29) is 5.41 Å². The molecule has 0 aliphatic heterocycles. The molecule has 4 nitrogen and oxygen atoms in total. The third-order valence-electron chi connectivity index (χ3n) is 16.2. The second-order valence-electron chi connectivity index (χ2n) is 20.2. The number of fused-ring (bicyclic) bond motifs is 24. The van der Waals surface area contributed by atoms with Gasteiger partial charge in [0.1, 0.15) is 5.82 Å². The van der Waals surface area contributed by atoms with Gasteiger partial charge < -0.3 is 4.57 Å². The van der Waals surface area contributed by atoms with E-state index in [0.717, 1.165) is 17.9 Å². The van der Waals surface area contributed by atoms with Gasteiger partial charge in [0.25, 0.3) is 0 Å². The lowest BCUT2D eigenvalue weighted by Crippen LogP contribution is -2.24. The summed E-state index contributed by atoms with van der Waals surface area (Å²) < 4.78 is 10.4. The number of hydrogen-bond donors (Lipinski definition) is 0. The van der Waals surface area contributed by atoms with Crippen molar-refractivity contribution >= 4 is 107 Å². The normalized spacial score (nSPS) is 15.9. The van der Waals surface area contributed by atoms with Gasteiger partial charge in [-0.25, -0.2) is 4.98 Å². The molecule has 6 heteroatoms. The highest BCUT2D eigenvalue weighted by Crippen LogP contribution is 2.61. The van der Waals surface area contributed by atoms with E-state index in [1.54, 1.807) is 0 Å². The molecule has 0 spiro atoms. The number of thiophene rings is 2.